The van der Waals surface area contributed by atoms with Gasteiger partial charge in [0.15, 0.2) is 0 Å². The summed E-state index contributed by atoms with van der Waals surface area (Å²) in [6.45, 7) is 17.7. The van der Waals surface area contributed by atoms with Crippen molar-refractivity contribution in [3.05, 3.63) is 72.9 Å². The fraction of sp³-hybridized carbons (Fsp3) is 0.333. The number of benzene rings is 1. The first-order valence-electron chi connectivity index (χ1n) is 6.79. The van der Waals surface area contributed by atoms with Crippen LogP contribution in [0.5, 0.6) is 0 Å². The highest BCUT2D eigenvalue weighted by atomic mass is 14.1. The maximum Gasteiger partial charge on any atom is 0.00607 e. The Labute approximate surface area is 114 Å². The van der Waals surface area contributed by atoms with E-state index in [2.05, 4.69) is 44.3 Å². The molecule has 0 aliphatic heterocycles. The van der Waals surface area contributed by atoms with Crippen LogP contribution in [0.3, 0.4) is 0 Å². The number of hydrogen-bond acceptors (Lipinski definition) is 0. The van der Waals surface area contributed by atoms with Gasteiger partial charge in [0, 0.05) is 5.92 Å². The molecule has 18 heavy (non-hydrogen) atoms. The Hall–Kier alpha value is -1.56. The molecule has 0 spiro atoms. The second-order valence-corrected chi connectivity index (χ2v) is 3.24. The topological polar surface area (TPSA) is 0 Å². The van der Waals surface area contributed by atoms with Crippen molar-refractivity contribution in [1.29, 1.82) is 0 Å². The maximum atomic E-state index is 3.81. The van der Waals surface area contributed by atoms with Crippen molar-refractivity contribution in [2.24, 2.45) is 0 Å². The number of allylic oxidation sites excluding steroid dienone is 4. The highest BCUT2D eigenvalue weighted by Crippen LogP contribution is 2.23. The quantitative estimate of drug-likeness (QED) is 0.558. The number of rotatable bonds is 4. The van der Waals surface area contributed by atoms with Gasteiger partial charge in [-0.15, -0.1) is 0 Å². The molecule has 0 aliphatic carbocycles. The zero-order valence-corrected chi connectivity index (χ0v) is 12.6. The number of hydrogen-bond donors (Lipinski definition) is 0. The highest BCUT2D eigenvalue weighted by Gasteiger charge is 2.06. The third-order valence-corrected chi connectivity index (χ3v) is 2.35. The molecule has 0 amide bonds. The van der Waals surface area contributed by atoms with Crippen molar-refractivity contribution in [2.45, 2.75) is 40.5 Å². The maximum absolute atomic E-state index is 3.81. The van der Waals surface area contributed by atoms with Crippen molar-refractivity contribution in [3.63, 3.8) is 0 Å². The minimum absolute atomic E-state index is 0.381. The summed E-state index contributed by atoms with van der Waals surface area (Å²) in [5.41, 5.74) is 2.51. The molecule has 0 aliphatic rings. The van der Waals surface area contributed by atoms with Gasteiger partial charge in [0.1, 0.15) is 0 Å². The molecule has 1 unspecified atom stereocenters. The van der Waals surface area contributed by atoms with Crippen molar-refractivity contribution in [2.75, 3.05) is 0 Å². The Morgan fingerprint density at radius 1 is 1.00 bits per heavy atom. The van der Waals surface area contributed by atoms with Crippen molar-refractivity contribution in [1.82, 2.24) is 0 Å². The second kappa shape index (κ2) is 13.5. The lowest BCUT2D eigenvalue weighted by molar-refractivity contribution is 0.922. The predicted octanol–water partition coefficient (Wildman–Crippen LogP) is 6.14. The van der Waals surface area contributed by atoms with Crippen LogP contribution >= 0.6 is 0 Å². The van der Waals surface area contributed by atoms with Crippen molar-refractivity contribution < 1.29 is 0 Å². The molecule has 0 saturated carbocycles. The Kier molecular flexibility index (Phi) is 14.1. The standard InChI is InChI=1S/C14H16.2C2H6/c1-4-9-13(5-2)12(3)14-10-7-6-8-11-14;2*1-2/h4-12H,1-2H2,3H3;2*1-2H3/b13-9+;;. The molecule has 0 heteroatoms. The summed E-state index contributed by atoms with van der Waals surface area (Å²) in [6.07, 6.45) is 5.69. The normalized spacial score (nSPS) is 11.1. The smallest absolute Gasteiger partial charge is 0.00607 e. The molecule has 1 aromatic carbocycles. The van der Waals surface area contributed by atoms with Crippen LogP contribution in [0, 0.1) is 0 Å². The van der Waals surface area contributed by atoms with Crippen LogP contribution in [0.2, 0.25) is 0 Å². The summed E-state index contributed by atoms with van der Waals surface area (Å²) in [5.74, 6) is 0.381. The summed E-state index contributed by atoms with van der Waals surface area (Å²) >= 11 is 0. The lowest BCUT2D eigenvalue weighted by Gasteiger charge is -2.12. The summed E-state index contributed by atoms with van der Waals surface area (Å²) in [4.78, 5) is 0. The van der Waals surface area contributed by atoms with Crippen LogP contribution in [-0.2, 0) is 0 Å². The van der Waals surface area contributed by atoms with Crippen LogP contribution in [0.15, 0.2) is 67.3 Å². The summed E-state index contributed by atoms with van der Waals surface area (Å²) < 4.78 is 0. The average Bonchev–Trinajstić information content (AvgIpc) is 2.49. The van der Waals surface area contributed by atoms with Gasteiger partial charge < -0.3 is 0 Å². The third-order valence-electron chi connectivity index (χ3n) is 2.35. The van der Waals surface area contributed by atoms with E-state index < -0.39 is 0 Å². The molecule has 0 N–H and O–H groups in total. The summed E-state index contributed by atoms with van der Waals surface area (Å²) in [7, 11) is 0. The van der Waals surface area contributed by atoms with Gasteiger partial charge >= 0.3 is 0 Å². The van der Waals surface area contributed by atoms with Gasteiger partial charge in [0.2, 0.25) is 0 Å². The van der Waals surface area contributed by atoms with Crippen LogP contribution in [-0.4, -0.2) is 0 Å². The molecule has 0 radical (unpaired) electrons. The fourth-order valence-corrected chi connectivity index (χ4v) is 1.46. The zero-order valence-electron chi connectivity index (χ0n) is 12.6. The van der Waals surface area contributed by atoms with E-state index in [9.17, 15) is 0 Å². The summed E-state index contributed by atoms with van der Waals surface area (Å²) in [6, 6.07) is 10.4. The van der Waals surface area contributed by atoms with Gasteiger partial charge in [-0.25, -0.2) is 0 Å². The minimum atomic E-state index is 0.381. The zero-order chi connectivity index (χ0) is 14.4. The van der Waals surface area contributed by atoms with Gasteiger partial charge in [-0.2, -0.15) is 0 Å². The van der Waals surface area contributed by atoms with Gasteiger partial charge in [-0.05, 0) is 11.1 Å². The van der Waals surface area contributed by atoms with Gasteiger partial charge in [-0.1, -0.05) is 96.3 Å². The molecule has 1 aromatic rings. The van der Waals surface area contributed by atoms with Crippen molar-refractivity contribution in [3.8, 4) is 0 Å². The second-order valence-electron chi connectivity index (χ2n) is 3.24. The Bertz CT molecular complexity index is 330. The monoisotopic (exact) mass is 244 g/mol. The molecule has 0 saturated heterocycles. The predicted molar refractivity (Wildman–Crippen MR) is 86.0 cm³/mol. The molecule has 1 atom stereocenters. The molecule has 1 rings (SSSR count). The molecule has 0 fully saturated rings. The molecule has 0 heterocycles. The van der Waals surface area contributed by atoms with E-state index in [1.54, 1.807) is 6.08 Å². The SMILES string of the molecule is C=C/C=C(\C=C)C(C)c1ccccc1.CC.CC. The van der Waals surface area contributed by atoms with E-state index in [-0.39, 0.29) is 0 Å². The average molecular weight is 244 g/mol. The van der Waals surface area contributed by atoms with Gasteiger partial charge in [-0.3, -0.25) is 0 Å². The molecular formula is C18H28. The van der Waals surface area contributed by atoms with Crippen LogP contribution in [0.1, 0.15) is 46.1 Å². The first-order valence-corrected chi connectivity index (χ1v) is 6.79. The Morgan fingerprint density at radius 2 is 1.50 bits per heavy atom. The van der Waals surface area contributed by atoms with Crippen molar-refractivity contribution >= 4 is 0 Å². The molecule has 100 valence electrons. The Morgan fingerprint density at radius 3 is 1.89 bits per heavy atom. The molecule has 0 nitrogen and oxygen atoms in total. The fourth-order valence-electron chi connectivity index (χ4n) is 1.46. The highest BCUT2D eigenvalue weighted by molar-refractivity contribution is 5.34. The third kappa shape index (κ3) is 6.90. The Balaban J connectivity index is 0. The van der Waals surface area contributed by atoms with Gasteiger partial charge in [0.25, 0.3) is 0 Å². The molecule has 0 bridgehead atoms. The van der Waals surface area contributed by atoms with E-state index in [1.165, 1.54) is 11.1 Å². The van der Waals surface area contributed by atoms with Gasteiger partial charge in [0.05, 0.1) is 0 Å². The lowest BCUT2D eigenvalue weighted by Crippen LogP contribution is -1.95. The molecular weight excluding hydrogens is 216 g/mol. The van der Waals surface area contributed by atoms with E-state index in [1.807, 2.05) is 45.9 Å². The van der Waals surface area contributed by atoms with Crippen LogP contribution < -0.4 is 0 Å². The first-order chi connectivity index (χ1) is 8.79. The minimum Gasteiger partial charge on any atom is -0.0991 e. The van der Waals surface area contributed by atoms with Crippen LogP contribution in [0.4, 0.5) is 0 Å². The van der Waals surface area contributed by atoms with E-state index >= 15 is 0 Å². The largest absolute Gasteiger partial charge is 0.0991 e. The van der Waals surface area contributed by atoms with E-state index in [4.69, 9.17) is 0 Å². The first kappa shape index (κ1) is 18.8. The molecule has 0 aromatic heterocycles. The van der Waals surface area contributed by atoms with E-state index in [0.717, 1.165) is 0 Å². The van der Waals surface area contributed by atoms with Crippen LogP contribution in [0.25, 0.3) is 0 Å². The lowest BCUT2D eigenvalue weighted by atomic mass is 9.93. The van der Waals surface area contributed by atoms with E-state index in [0.29, 0.717) is 5.92 Å². The summed E-state index contributed by atoms with van der Waals surface area (Å²) in [5, 5.41) is 0.